The quantitative estimate of drug-likeness (QED) is 0.0664. The first kappa shape index (κ1) is 55.2. The topological polar surface area (TPSA) is 0 Å². The van der Waals surface area contributed by atoms with Crippen LogP contribution in [0.5, 0.6) is 0 Å². The van der Waals surface area contributed by atoms with Gasteiger partial charge in [-0.25, -0.2) is 0 Å². The predicted molar refractivity (Wildman–Crippen MR) is 115 cm³/mol. The minimum atomic E-state index is -8.59. The van der Waals surface area contributed by atoms with Crippen LogP contribution in [-0.4, -0.2) is 99.7 Å². The number of hydrogen-bond acceptors (Lipinski definition) is 0. The Balaban J connectivity index is 0. The minimum Gasteiger partial charge on any atom is -0.200 e. The molecule has 0 fully saturated rings. The van der Waals surface area contributed by atoms with E-state index in [1.165, 1.54) is 0 Å². The molecule has 0 aliphatic rings. The molecule has 0 aromatic rings. The molecule has 0 N–H and O–H groups in total. The van der Waals surface area contributed by atoms with Crippen molar-refractivity contribution in [1.82, 2.24) is 0 Å². The zero-order valence-corrected chi connectivity index (χ0v) is 26.1. The molecule has 0 nitrogen and oxygen atoms in total. The Hall–Kier alpha value is -1.91. The molecule has 0 bridgehead atoms. The first-order valence-corrected chi connectivity index (χ1v) is 13.3. The van der Waals surface area contributed by atoms with Crippen molar-refractivity contribution in [1.29, 1.82) is 0 Å². The molecule has 0 aliphatic heterocycles. The van der Waals surface area contributed by atoms with Crippen LogP contribution >= 0.6 is 22.6 Å². The molecule has 0 spiro atoms. The van der Waals surface area contributed by atoms with E-state index in [0.29, 0.717) is 0 Å². The van der Waals surface area contributed by atoms with Gasteiger partial charge in [0.25, 0.3) is 0 Å². The Morgan fingerprint density at radius 3 is 0.655 bits per heavy atom. The predicted octanol–water partition coefficient (Wildman–Crippen LogP) is 13.0. The highest BCUT2D eigenvalue weighted by Gasteiger charge is 2.96. The second-order valence-corrected chi connectivity index (χ2v) is 10.9. The molecule has 0 aromatic heterocycles. The number of halogens is 35. The maximum atomic E-state index is 13.2. The third-order valence-corrected chi connectivity index (χ3v) is 6.74. The Morgan fingerprint density at radius 1 is 0.291 bits per heavy atom. The highest BCUT2D eigenvalue weighted by Crippen LogP contribution is 2.66. The zero-order valence-electron chi connectivity index (χ0n) is 23.9. The molecule has 0 saturated carbocycles. The van der Waals surface area contributed by atoms with Crippen molar-refractivity contribution in [3.63, 3.8) is 0 Å². The molecular formula is C20H7F34I. The molecule has 0 heterocycles. The van der Waals surface area contributed by atoms with Crippen molar-refractivity contribution in [3.05, 3.63) is 12.7 Å². The smallest absolute Gasteiger partial charge is 0.200 e. The van der Waals surface area contributed by atoms with Gasteiger partial charge in [0.1, 0.15) is 0 Å². The van der Waals surface area contributed by atoms with Crippen LogP contribution in [0.4, 0.5) is 149 Å². The van der Waals surface area contributed by atoms with E-state index >= 15 is 0 Å². The summed E-state index contributed by atoms with van der Waals surface area (Å²) in [6, 6.07) is 0. The normalized spacial score (nSPS) is 16.5. The van der Waals surface area contributed by atoms with Crippen LogP contribution in [0, 0.1) is 0 Å². The van der Waals surface area contributed by atoms with Gasteiger partial charge < -0.3 is 0 Å². The lowest BCUT2D eigenvalue weighted by atomic mass is 9.88. The third kappa shape index (κ3) is 7.61. The number of allylic oxidation sites excluding steroid dienone is 1. The molecule has 0 aromatic carbocycles. The summed E-state index contributed by atoms with van der Waals surface area (Å²) in [5, 5.41) is 0. The Bertz CT molecular complexity index is 1330. The van der Waals surface area contributed by atoms with Gasteiger partial charge in [-0.05, 0) is 6.08 Å². The zero-order chi connectivity index (χ0) is 46.1. The SMILES string of the molecule is C=CC(F)(F)C(F)(F)C(F)(F)C(F)(F)C(F)(F)C(F)(F)C(F)(F)C(F)(F)F.FC(F)(F)C(F)(F)C(F)(F)C(F)(F)C(F)(F)C(F)(F)C(F)(F)C(F)(F)CCI. The van der Waals surface area contributed by atoms with Gasteiger partial charge in [0.2, 0.25) is 0 Å². The Morgan fingerprint density at radius 2 is 0.473 bits per heavy atom. The Labute approximate surface area is 291 Å². The summed E-state index contributed by atoms with van der Waals surface area (Å²) in [5.74, 6) is -112. The van der Waals surface area contributed by atoms with Crippen LogP contribution in [0.25, 0.3) is 0 Å². The fourth-order valence-electron chi connectivity index (χ4n) is 2.78. The first-order valence-electron chi connectivity index (χ1n) is 11.7. The van der Waals surface area contributed by atoms with Crippen molar-refractivity contribution in [2.24, 2.45) is 0 Å². The maximum absolute atomic E-state index is 13.2. The van der Waals surface area contributed by atoms with Crippen molar-refractivity contribution in [2.45, 2.75) is 102 Å². The van der Waals surface area contributed by atoms with Crippen molar-refractivity contribution < 1.29 is 149 Å². The molecule has 0 unspecified atom stereocenters. The van der Waals surface area contributed by atoms with E-state index in [1.54, 1.807) is 6.58 Å². The van der Waals surface area contributed by atoms with E-state index in [1.807, 2.05) is 0 Å². The number of rotatable bonds is 15. The van der Waals surface area contributed by atoms with Gasteiger partial charge in [0.05, 0.1) is 0 Å². The van der Waals surface area contributed by atoms with Crippen molar-refractivity contribution in [3.8, 4) is 0 Å². The van der Waals surface area contributed by atoms with Crippen LogP contribution in [0.15, 0.2) is 12.7 Å². The molecule has 0 aliphatic carbocycles. The van der Waals surface area contributed by atoms with Gasteiger partial charge in [-0.15, -0.1) is 0 Å². The average molecular weight is 1020 g/mol. The van der Waals surface area contributed by atoms with E-state index in [-0.39, 0.29) is 0 Å². The minimum absolute atomic E-state index is 0.812. The van der Waals surface area contributed by atoms with E-state index in [9.17, 15) is 149 Å². The third-order valence-electron chi connectivity index (χ3n) is 6.20. The van der Waals surface area contributed by atoms with Gasteiger partial charge in [-0.2, -0.15) is 149 Å². The van der Waals surface area contributed by atoms with E-state index < -0.39 is 112 Å². The summed E-state index contributed by atoms with van der Waals surface area (Å²) in [7, 11) is 0. The van der Waals surface area contributed by atoms with Gasteiger partial charge in [-0.3, -0.25) is 0 Å². The average Bonchev–Trinajstić information content (AvgIpc) is 2.94. The highest BCUT2D eigenvalue weighted by molar-refractivity contribution is 14.1. The van der Waals surface area contributed by atoms with Gasteiger partial charge in [0.15, 0.2) is 0 Å². The van der Waals surface area contributed by atoms with Crippen LogP contribution < -0.4 is 0 Å². The summed E-state index contributed by atoms with van der Waals surface area (Å²) in [6.07, 6.45) is -19.4. The van der Waals surface area contributed by atoms with Crippen molar-refractivity contribution >= 4 is 22.6 Å². The summed E-state index contributed by atoms with van der Waals surface area (Å²) in [6.45, 7) is 1.76. The number of alkyl halides is 35. The van der Waals surface area contributed by atoms with Gasteiger partial charge in [0, 0.05) is 10.8 Å². The van der Waals surface area contributed by atoms with Crippen LogP contribution in [-0.2, 0) is 0 Å². The fraction of sp³-hybridized carbons (Fsp3) is 0.900. The fourth-order valence-corrected chi connectivity index (χ4v) is 3.45. The molecule has 0 amide bonds. The lowest BCUT2D eigenvalue weighted by Crippen LogP contribution is -2.74. The first-order chi connectivity index (χ1) is 23.1. The molecule has 35 heteroatoms. The summed E-state index contributed by atoms with van der Waals surface area (Å²) >= 11 is 0.812. The van der Waals surface area contributed by atoms with E-state index in [0.717, 1.165) is 22.6 Å². The Kier molecular flexibility index (Phi) is 14.5. The molecule has 0 rings (SSSR count). The monoisotopic (exact) mass is 1020 g/mol. The summed E-state index contributed by atoms with van der Waals surface area (Å²) < 4.78 is 431. The molecule has 0 radical (unpaired) electrons. The lowest BCUT2D eigenvalue weighted by Gasteiger charge is -2.42. The van der Waals surface area contributed by atoms with Crippen LogP contribution in [0.2, 0.25) is 0 Å². The second-order valence-electron chi connectivity index (χ2n) is 9.86. The molecule has 332 valence electrons. The van der Waals surface area contributed by atoms with Crippen molar-refractivity contribution in [2.75, 3.05) is 4.43 Å². The van der Waals surface area contributed by atoms with E-state index in [4.69, 9.17) is 0 Å². The van der Waals surface area contributed by atoms with Crippen LogP contribution in [0.3, 0.4) is 0 Å². The molecule has 55 heavy (non-hydrogen) atoms. The largest absolute Gasteiger partial charge is 0.460 e. The molecule has 0 saturated heterocycles. The highest BCUT2D eigenvalue weighted by atomic mass is 127. The van der Waals surface area contributed by atoms with Gasteiger partial charge >= 0.3 is 95.3 Å². The standard InChI is InChI=1S/C10H4F17I.C10H3F17/c11-3(12,1-2-28)4(13,14)5(15,16)6(17,18)7(19,20)8(21,22)9(23,24)10(25,26)27;1-2-3(11,12)4(13,14)5(15,16)6(17,18)7(19,20)8(21,22)9(23,24)10(25,26)27/h1-2H2;2H,1H2. The van der Waals surface area contributed by atoms with E-state index in [2.05, 4.69) is 0 Å². The van der Waals surface area contributed by atoms with Crippen LogP contribution in [0.1, 0.15) is 6.42 Å². The molecule has 0 atom stereocenters. The van der Waals surface area contributed by atoms with Gasteiger partial charge in [-0.1, -0.05) is 29.2 Å². The molecular weight excluding hydrogens is 1010 g/mol. The number of hydrogen-bond donors (Lipinski definition) is 0. The second kappa shape index (κ2) is 14.4. The lowest BCUT2D eigenvalue weighted by molar-refractivity contribution is -0.461. The summed E-state index contributed by atoms with van der Waals surface area (Å²) in [5.41, 5.74) is 0. The summed E-state index contributed by atoms with van der Waals surface area (Å²) in [4.78, 5) is 0. The maximum Gasteiger partial charge on any atom is 0.460 e.